The van der Waals surface area contributed by atoms with Crippen LogP contribution < -0.4 is 19.5 Å². The van der Waals surface area contributed by atoms with Gasteiger partial charge in [-0.1, -0.05) is 0 Å². The third kappa shape index (κ3) is 7.20. The van der Waals surface area contributed by atoms with Crippen molar-refractivity contribution in [3.05, 3.63) is 17.7 Å². The van der Waals surface area contributed by atoms with Crippen LogP contribution in [0.2, 0.25) is 0 Å². The van der Waals surface area contributed by atoms with Crippen LogP contribution in [0, 0.1) is 0 Å². The average Bonchev–Trinajstić information content (AvgIpc) is 2.79. The molecule has 1 heterocycles. The molecule has 1 N–H and O–H groups in total. The molecule has 1 saturated heterocycles. The second-order valence-corrected chi connectivity index (χ2v) is 7.18. The van der Waals surface area contributed by atoms with Gasteiger partial charge in [0.15, 0.2) is 17.5 Å². The summed E-state index contributed by atoms with van der Waals surface area (Å²) in [4.78, 5) is 20.5. The smallest absolute Gasteiger partial charge is 0.305 e. The van der Waals surface area contributed by atoms with Gasteiger partial charge in [0, 0.05) is 52.7 Å². The molecule has 1 fully saturated rings. The molecule has 0 bridgehead atoms. The van der Waals surface area contributed by atoms with Crippen molar-refractivity contribution in [2.24, 2.45) is 4.99 Å². The second kappa shape index (κ2) is 12.9. The van der Waals surface area contributed by atoms with Gasteiger partial charge in [0.05, 0.1) is 27.9 Å². The van der Waals surface area contributed by atoms with Crippen LogP contribution in [-0.2, 0) is 16.1 Å². The number of carbonyl (C=O) groups excluding carboxylic acids is 1. The summed E-state index contributed by atoms with van der Waals surface area (Å²) in [6.07, 6.45) is 1.14. The summed E-state index contributed by atoms with van der Waals surface area (Å²) in [5.41, 5.74) is 1.12. The molecule has 0 spiro atoms. The number of carbonyl (C=O) groups is 1. The van der Waals surface area contributed by atoms with Gasteiger partial charge in [-0.3, -0.25) is 14.7 Å². The van der Waals surface area contributed by atoms with E-state index in [-0.39, 0.29) is 5.97 Å². The van der Waals surface area contributed by atoms with Crippen molar-refractivity contribution < 1.29 is 23.7 Å². The van der Waals surface area contributed by atoms with E-state index in [9.17, 15) is 4.79 Å². The highest BCUT2D eigenvalue weighted by Crippen LogP contribution is 2.38. The molecule has 9 heteroatoms. The normalized spacial score (nSPS) is 14.9. The minimum absolute atomic E-state index is 0.153. The van der Waals surface area contributed by atoms with Gasteiger partial charge in [-0.15, -0.1) is 0 Å². The Balaban J connectivity index is 1.84. The predicted molar refractivity (Wildman–Crippen MR) is 120 cm³/mol. The Hall–Kier alpha value is -2.68. The molecule has 1 aromatic rings. The third-order valence-corrected chi connectivity index (χ3v) is 5.16. The van der Waals surface area contributed by atoms with Crippen molar-refractivity contribution in [3.63, 3.8) is 0 Å². The first-order valence-corrected chi connectivity index (χ1v) is 10.7. The molecule has 0 radical (unpaired) electrons. The van der Waals surface area contributed by atoms with E-state index in [4.69, 9.17) is 18.9 Å². The van der Waals surface area contributed by atoms with E-state index in [1.54, 1.807) is 28.4 Å². The van der Waals surface area contributed by atoms with Gasteiger partial charge in [-0.2, -0.15) is 0 Å². The Labute approximate surface area is 185 Å². The zero-order chi connectivity index (χ0) is 22.6. The van der Waals surface area contributed by atoms with Crippen LogP contribution >= 0.6 is 0 Å². The lowest BCUT2D eigenvalue weighted by atomic mass is 10.1. The minimum atomic E-state index is -0.153. The van der Waals surface area contributed by atoms with E-state index in [2.05, 4.69) is 20.1 Å². The lowest BCUT2D eigenvalue weighted by Crippen LogP contribution is -2.52. The summed E-state index contributed by atoms with van der Waals surface area (Å²) in [6, 6.07) is 4.00. The van der Waals surface area contributed by atoms with Crippen LogP contribution in [0.3, 0.4) is 0 Å². The number of hydrogen-bond donors (Lipinski definition) is 1. The van der Waals surface area contributed by atoms with Crippen molar-refractivity contribution in [1.82, 2.24) is 15.1 Å². The molecule has 31 heavy (non-hydrogen) atoms. The highest BCUT2D eigenvalue weighted by atomic mass is 16.5. The van der Waals surface area contributed by atoms with Crippen molar-refractivity contribution in [2.45, 2.75) is 26.3 Å². The zero-order valence-electron chi connectivity index (χ0n) is 19.4. The van der Waals surface area contributed by atoms with Crippen LogP contribution in [0.1, 0.15) is 25.3 Å². The van der Waals surface area contributed by atoms with Gasteiger partial charge in [0.25, 0.3) is 0 Å². The monoisotopic (exact) mass is 436 g/mol. The van der Waals surface area contributed by atoms with Crippen molar-refractivity contribution in [1.29, 1.82) is 0 Å². The van der Waals surface area contributed by atoms with Gasteiger partial charge < -0.3 is 29.2 Å². The fraction of sp³-hybridized carbons (Fsp3) is 0.636. The maximum Gasteiger partial charge on any atom is 0.305 e. The van der Waals surface area contributed by atoms with E-state index in [1.807, 2.05) is 19.1 Å². The quantitative estimate of drug-likeness (QED) is 0.257. The van der Waals surface area contributed by atoms with Gasteiger partial charge in [0.1, 0.15) is 0 Å². The van der Waals surface area contributed by atoms with Gasteiger partial charge >= 0.3 is 5.97 Å². The fourth-order valence-corrected chi connectivity index (χ4v) is 3.60. The highest BCUT2D eigenvalue weighted by Gasteiger charge is 2.21. The number of nitrogens with zero attached hydrogens (tertiary/aromatic N) is 3. The SMILES string of the molecule is CCOC(=O)CCCNC(=NC)N1CCN(Cc2cc(OC)c(OC)c(OC)c2)CC1. The number of benzene rings is 1. The first kappa shape index (κ1) is 24.6. The number of aliphatic imine (C=N–C) groups is 1. The lowest BCUT2D eigenvalue weighted by molar-refractivity contribution is -0.143. The Morgan fingerprint density at radius 2 is 1.71 bits per heavy atom. The molecule has 0 atom stereocenters. The van der Waals surface area contributed by atoms with E-state index >= 15 is 0 Å². The largest absolute Gasteiger partial charge is 0.493 e. The van der Waals surface area contributed by atoms with Gasteiger partial charge in [-0.05, 0) is 31.0 Å². The molecule has 1 aromatic carbocycles. The minimum Gasteiger partial charge on any atom is -0.493 e. The maximum absolute atomic E-state index is 11.4. The average molecular weight is 437 g/mol. The lowest BCUT2D eigenvalue weighted by Gasteiger charge is -2.36. The number of hydrogen-bond acceptors (Lipinski definition) is 7. The molecule has 1 aliphatic rings. The van der Waals surface area contributed by atoms with Crippen LogP contribution in [0.4, 0.5) is 0 Å². The summed E-state index contributed by atoms with van der Waals surface area (Å²) in [5.74, 6) is 2.67. The summed E-state index contributed by atoms with van der Waals surface area (Å²) < 4.78 is 21.3. The third-order valence-electron chi connectivity index (χ3n) is 5.16. The Kier molecular flexibility index (Phi) is 10.2. The number of nitrogens with one attached hydrogen (secondary N) is 1. The molecule has 1 aliphatic heterocycles. The summed E-state index contributed by atoms with van der Waals surface area (Å²) >= 11 is 0. The standard InChI is InChI=1S/C22H36N4O5/c1-6-31-20(27)8-7-9-24-22(23-2)26-12-10-25(11-13-26)16-17-14-18(28-3)21(30-5)19(15-17)29-4/h14-15H,6-13,16H2,1-5H3,(H,23,24). The summed E-state index contributed by atoms with van der Waals surface area (Å²) in [5, 5.41) is 3.35. The molecule has 9 nitrogen and oxygen atoms in total. The Morgan fingerprint density at radius 1 is 1.06 bits per heavy atom. The molecule has 0 aromatic heterocycles. The molecule has 0 unspecified atom stereocenters. The number of rotatable bonds is 10. The molecule has 174 valence electrons. The molecule has 2 rings (SSSR count). The van der Waals surface area contributed by atoms with Crippen LogP contribution in [0.25, 0.3) is 0 Å². The van der Waals surface area contributed by atoms with E-state index in [0.29, 0.717) is 36.8 Å². The fourth-order valence-electron chi connectivity index (χ4n) is 3.60. The molecule has 0 aliphatic carbocycles. The number of ether oxygens (including phenoxy) is 4. The van der Waals surface area contributed by atoms with Crippen molar-refractivity contribution in [3.8, 4) is 17.2 Å². The first-order valence-electron chi connectivity index (χ1n) is 10.7. The van der Waals surface area contributed by atoms with E-state index in [1.165, 1.54) is 0 Å². The van der Waals surface area contributed by atoms with Gasteiger partial charge in [0.2, 0.25) is 5.75 Å². The number of methoxy groups -OCH3 is 3. The Bertz CT molecular complexity index is 708. The Morgan fingerprint density at radius 3 is 2.23 bits per heavy atom. The van der Waals surface area contributed by atoms with Crippen LogP contribution in [0.15, 0.2) is 17.1 Å². The summed E-state index contributed by atoms with van der Waals surface area (Å²) in [6.45, 7) is 7.32. The summed E-state index contributed by atoms with van der Waals surface area (Å²) in [7, 11) is 6.66. The highest BCUT2D eigenvalue weighted by molar-refractivity contribution is 5.80. The van der Waals surface area contributed by atoms with E-state index < -0.39 is 0 Å². The second-order valence-electron chi connectivity index (χ2n) is 7.18. The first-order chi connectivity index (χ1) is 15.1. The number of piperazine rings is 1. The molecular formula is C22H36N4O5. The molecular weight excluding hydrogens is 400 g/mol. The maximum atomic E-state index is 11.4. The van der Waals surface area contributed by atoms with Crippen LogP contribution in [-0.4, -0.2) is 89.4 Å². The van der Waals surface area contributed by atoms with E-state index in [0.717, 1.165) is 50.7 Å². The van der Waals surface area contributed by atoms with Crippen molar-refractivity contribution >= 4 is 11.9 Å². The van der Waals surface area contributed by atoms with Crippen LogP contribution in [0.5, 0.6) is 17.2 Å². The number of esters is 1. The zero-order valence-corrected chi connectivity index (χ0v) is 19.4. The molecule has 0 saturated carbocycles. The van der Waals surface area contributed by atoms with Gasteiger partial charge in [-0.25, -0.2) is 0 Å². The van der Waals surface area contributed by atoms with Crippen molar-refractivity contribution in [2.75, 3.05) is 67.7 Å². The molecule has 0 amide bonds. The predicted octanol–water partition coefficient (Wildman–Crippen LogP) is 1.75. The topological polar surface area (TPSA) is 84.9 Å². The number of guanidine groups is 1.